The Kier molecular flexibility index (Phi) is 6.88. The normalized spacial score (nSPS) is 19.7. The Labute approximate surface area is 232 Å². The quantitative estimate of drug-likeness (QED) is 0.465. The molecule has 204 valence electrons. The van der Waals surface area contributed by atoms with Crippen molar-refractivity contribution in [3.8, 4) is 29.1 Å². The molecule has 0 radical (unpaired) electrons. The zero-order valence-electron chi connectivity index (χ0n) is 22.2. The summed E-state index contributed by atoms with van der Waals surface area (Å²) in [5.74, 6) is 7.58. The number of rotatable bonds is 6. The molecule has 1 saturated carbocycles. The van der Waals surface area contributed by atoms with Crippen LogP contribution in [-0.2, 0) is 4.79 Å². The molecule has 9 nitrogen and oxygen atoms in total. The number of anilines is 1. The van der Waals surface area contributed by atoms with Gasteiger partial charge in [-0.1, -0.05) is 30.0 Å². The summed E-state index contributed by atoms with van der Waals surface area (Å²) < 4.78 is 11.7. The van der Waals surface area contributed by atoms with E-state index in [-0.39, 0.29) is 18.2 Å². The molecular weight excluding hydrogens is 508 g/mol. The summed E-state index contributed by atoms with van der Waals surface area (Å²) in [6.45, 7) is 2.11. The fourth-order valence-corrected chi connectivity index (χ4v) is 4.89. The maximum atomic E-state index is 13.3. The van der Waals surface area contributed by atoms with E-state index in [1.165, 1.54) is 30.0 Å². The number of nitrogens with one attached hydrogen (secondary N) is 1. The number of amides is 2. The smallest absolute Gasteiger partial charge is 0.270 e. The number of carbonyl (C=O) groups excluding carboxylic acids is 2. The predicted molar refractivity (Wildman–Crippen MR) is 148 cm³/mol. The number of β-amino-alcohol motifs (C(OH)–C–C–N with tert-alkyl or cyclic N) is 1. The van der Waals surface area contributed by atoms with Crippen LogP contribution in [0.25, 0.3) is 0 Å². The zero-order valence-corrected chi connectivity index (χ0v) is 22.2. The third kappa shape index (κ3) is 5.78. The van der Waals surface area contributed by atoms with Crippen LogP contribution in [0.3, 0.4) is 0 Å². The first kappa shape index (κ1) is 25.9. The molecule has 9 heteroatoms. The lowest BCUT2D eigenvalue weighted by Gasteiger charge is -2.43. The minimum Gasteiger partial charge on any atom is -0.489 e. The summed E-state index contributed by atoms with van der Waals surface area (Å²) in [5.41, 5.74) is 0.318. The molecule has 40 heavy (non-hydrogen) atoms. The molecular formula is C31H30N4O5. The molecule has 1 aliphatic carbocycles. The summed E-state index contributed by atoms with van der Waals surface area (Å²) in [7, 11) is 1.63. The predicted octanol–water partition coefficient (Wildman–Crippen LogP) is 2.84. The number of nitrogens with zero attached hydrogens (tertiary/aromatic N) is 3. The molecule has 1 aromatic heterocycles. The topological polar surface area (TPSA) is 104 Å². The first-order valence-electron chi connectivity index (χ1n) is 13.4. The summed E-state index contributed by atoms with van der Waals surface area (Å²) in [6.07, 6.45) is 4.04. The highest BCUT2D eigenvalue weighted by molar-refractivity contribution is 6.03. The first-order valence-corrected chi connectivity index (χ1v) is 13.4. The lowest BCUT2D eigenvalue weighted by molar-refractivity contribution is -0.120. The number of ether oxygens (including phenoxy) is 2. The minimum absolute atomic E-state index is 0.0380. The molecule has 1 saturated heterocycles. The number of para-hydroxylation sites is 1. The molecule has 3 aromatic rings. The van der Waals surface area contributed by atoms with Crippen molar-refractivity contribution in [2.75, 3.05) is 38.2 Å². The van der Waals surface area contributed by atoms with Crippen LogP contribution in [-0.4, -0.2) is 71.7 Å². The van der Waals surface area contributed by atoms with Gasteiger partial charge >= 0.3 is 0 Å². The van der Waals surface area contributed by atoms with E-state index in [0.29, 0.717) is 41.6 Å². The van der Waals surface area contributed by atoms with Crippen LogP contribution in [0.4, 0.5) is 5.69 Å². The molecule has 3 heterocycles. The monoisotopic (exact) mass is 538 g/mol. The van der Waals surface area contributed by atoms with Gasteiger partial charge in [-0.25, -0.2) is 0 Å². The van der Waals surface area contributed by atoms with Crippen LogP contribution in [0.15, 0.2) is 66.9 Å². The fourth-order valence-electron chi connectivity index (χ4n) is 4.89. The van der Waals surface area contributed by atoms with E-state index in [2.05, 4.69) is 27.0 Å². The maximum Gasteiger partial charge on any atom is 0.270 e. The number of likely N-dealkylation sites (N-methyl/N-ethyl adjacent to an activating group) is 1. The van der Waals surface area contributed by atoms with Crippen LogP contribution in [0.2, 0.25) is 0 Å². The number of pyridine rings is 1. The number of aliphatic hydroxyl groups is 1. The van der Waals surface area contributed by atoms with Gasteiger partial charge < -0.3 is 24.8 Å². The van der Waals surface area contributed by atoms with Gasteiger partial charge in [0.15, 0.2) is 5.60 Å². The van der Waals surface area contributed by atoms with Crippen LogP contribution in [0, 0.1) is 17.8 Å². The molecule has 6 rings (SSSR count). The van der Waals surface area contributed by atoms with Crippen molar-refractivity contribution >= 4 is 17.5 Å². The van der Waals surface area contributed by atoms with Crippen molar-refractivity contribution in [3.63, 3.8) is 0 Å². The summed E-state index contributed by atoms with van der Waals surface area (Å²) in [6, 6.07) is 16.8. The molecule has 2 fully saturated rings. The van der Waals surface area contributed by atoms with Crippen LogP contribution < -0.4 is 19.7 Å². The van der Waals surface area contributed by atoms with E-state index in [1.807, 2.05) is 30.3 Å². The molecule has 1 atom stereocenters. The van der Waals surface area contributed by atoms with Crippen LogP contribution in [0.1, 0.15) is 28.9 Å². The molecule has 3 aliphatic rings. The van der Waals surface area contributed by atoms with Crippen molar-refractivity contribution in [3.05, 3.63) is 78.1 Å². The standard InChI is InChI=1S/C31H30N4O5/c1-34-27-15-21(11-13-31(38)19-35(20-31)17-22-7-8-22)9-10-28(27)39-18-26(30(34)37)33-29(36)25-16-24(12-14-32-25)40-23-5-3-2-4-6-23/h2-6,9-10,12,14-16,22,26,38H,7-8,17-20H2,1H3,(H,33,36)/t26-/m0/s1. The Bertz CT molecular complexity index is 1490. The molecule has 0 spiro atoms. The number of benzene rings is 2. The van der Waals surface area contributed by atoms with Crippen LogP contribution >= 0.6 is 0 Å². The molecule has 0 bridgehead atoms. The Hall–Kier alpha value is -4.39. The van der Waals surface area contributed by atoms with E-state index >= 15 is 0 Å². The van der Waals surface area contributed by atoms with Crippen molar-refractivity contribution in [2.45, 2.75) is 24.5 Å². The number of hydrogen-bond acceptors (Lipinski definition) is 7. The lowest BCUT2D eigenvalue weighted by Crippen LogP contribution is -2.61. The Morgan fingerprint density at radius 2 is 1.95 bits per heavy atom. The van der Waals surface area contributed by atoms with Gasteiger partial charge in [0.1, 0.15) is 35.6 Å². The molecule has 2 aromatic carbocycles. The van der Waals surface area contributed by atoms with Gasteiger partial charge in [-0.2, -0.15) is 0 Å². The van der Waals surface area contributed by atoms with Gasteiger partial charge in [0.25, 0.3) is 11.8 Å². The highest BCUT2D eigenvalue weighted by Crippen LogP contribution is 2.34. The zero-order chi connectivity index (χ0) is 27.7. The van der Waals surface area contributed by atoms with Gasteiger partial charge in [-0.15, -0.1) is 0 Å². The third-order valence-corrected chi connectivity index (χ3v) is 7.23. The second kappa shape index (κ2) is 10.6. The van der Waals surface area contributed by atoms with Crippen molar-refractivity contribution < 1.29 is 24.2 Å². The van der Waals surface area contributed by atoms with E-state index in [0.717, 1.165) is 12.5 Å². The average molecular weight is 539 g/mol. The van der Waals surface area contributed by atoms with Gasteiger partial charge in [-0.05, 0) is 55.2 Å². The maximum absolute atomic E-state index is 13.3. The molecule has 2 amide bonds. The Balaban J connectivity index is 1.11. The van der Waals surface area contributed by atoms with Crippen LogP contribution in [0.5, 0.6) is 17.2 Å². The minimum atomic E-state index is -1.01. The average Bonchev–Trinajstić information content (AvgIpc) is 3.78. The van der Waals surface area contributed by atoms with Crippen molar-refractivity contribution in [1.82, 2.24) is 15.2 Å². The van der Waals surface area contributed by atoms with E-state index in [4.69, 9.17) is 9.47 Å². The first-order chi connectivity index (χ1) is 19.3. The highest BCUT2D eigenvalue weighted by atomic mass is 16.5. The van der Waals surface area contributed by atoms with Crippen molar-refractivity contribution in [1.29, 1.82) is 0 Å². The molecule has 2 N–H and O–H groups in total. The summed E-state index contributed by atoms with van der Waals surface area (Å²) in [4.78, 5) is 34.1. The second-order valence-corrected chi connectivity index (χ2v) is 10.6. The van der Waals surface area contributed by atoms with Gasteiger partial charge in [0.2, 0.25) is 0 Å². The second-order valence-electron chi connectivity index (χ2n) is 10.6. The highest BCUT2D eigenvalue weighted by Gasteiger charge is 2.41. The van der Waals surface area contributed by atoms with E-state index in [9.17, 15) is 14.7 Å². The van der Waals surface area contributed by atoms with Gasteiger partial charge in [0.05, 0.1) is 5.69 Å². The Morgan fingerprint density at radius 1 is 1.15 bits per heavy atom. The number of fused-ring (bicyclic) bond motifs is 1. The van der Waals surface area contributed by atoms with E-state index < -0.39 is 17.6 Å². The van der Waals surface area contributed by atoms with Gasteiger partial charge in [-0.3, -0.25) is 19.5 Å². The number of carbonyl (C=O) groups is 2. The number of hydrogen-bond donors (Lipinski definition) is 2. The fraction of sp³-hybridized carbons (Fsp3) is 0.323. The number of likely N-dealkylation sites (tertiary alicyclic amines) is 1. The molecule has 2 aliphatic heterocycles. The SMILES string of the molecule is CN1C(=O)[C@@H](NC(=O)c2cc(Oc3ccccc3)ccn2)COc2ccc(C#CC3(O)CN(CC4CC4)C3)cc21. The van der Waals surface area contributed by atoms with E-state index in [1.54, 1.807) is 31.3 Å². The largest absolute Gasteiger partial charge is 0.489 e. The Morgan fingerprint density at radius 3 is 2.73 bits per heavy atom. The third-order valence-electron chi connectivity index (χ3n) is 7.23. The lowest BCUT2D eigenvalue weighted by atomic mass is 9.94. The van der Waals surface area contributed by atoms with Gasteiger partial charge in [0, 0.05) is 44.5 Å². The summed E-state index contributed by atoms with van der Waals surface area (Å²) in [5, 5.41) is 13.4. The molecule has 0 unspecified atom stereocenters. The van der Waals surface area contributed by atoms with Crippen molar-refractivity contribution in [2.24, 2.45) is 5.92 Å². The number of aromatic nitrogens is 1. The summed E-state index contributed by atoms with van der Waals surface area (Å²) >= 11 is 0.